The van der Waals surface area contributed by atoms with Crippen LogP contribution in [0.5, 0.6) is 0 Å². The third-order valence-electron chi connectivity index (χ3n) is 4.15. The van der Waals surface area contributed by atoms with Gasteiger partial charge in [-0.1, -0.05) is 42.1 Å². The lowest BCUT2D eigenvalue weighted by Gasteiger charge is -2.13. The largest absolute Gasteiger partial charge is 0.301 e. The predicted octanol–water partition coefficient (Wildman–Crippen LogP) is 2.45. The molecule has 1 aromatic carbocycles. The van der Waals surface area contributed by atoms with E-state index in [-0.39, 0.29) is 11.0 Å². The van der Waals surface area contributed by atoms with Gasteiger partial charge in [-0.3, -0.25) is 9.89 Å². The third-order valence-corrected chi connectivity index (χ3v) is 4.73. The topological polar surface area (TPSA) is 74.4 Å². The molecule has 106 valence electrons. The van der Waals surface area contributed by atoms with Crippen LogP contribution >= 0.6 is 11.8 Å². The number of rotatable bonds is 3. The Bertz CT molecular complexity index is 864. The van der Waals surface area contributed by atoms with Gasteiger partial charge in [0, 0.05) is 5.41 Å². The maximum Gasteiger partial charge on any atom is 0.263 e. The van der Waals surface area contributed by atoms with Crippen LogP contribution in [0.1, 0.15) is 24.1 Å². The van der Waals surface area contributed by atoms with Crippen molar-refractivity contribution in [3.8, 4) is 0 Å². The van der Waals surface area contributed by atoms with Gasteiger partial charge in [-0.2, -0.15) is 5.10 Å². The number of hydrogen-bond donors (Lipinski definition) is 2. The van der Waals surface area contributed by atoms with Crippen LogP contribution in [0, 0.1) is 0 Å². The molecule has 2 N–H and O–H groups in total. The van der Waals surface area contributed by atoms with E-state index in [9.17, 15) is 4.79 Å². The maximum absolute atomic E-state index is 12.4. The second-order valence-electron chi connectivity index (χ2n) is 5.32. The Hall–Kier alpha value is -2.08. The van der Waals surface area contributed by atoms with Crippen LogP contribution in [0.25, 0.3) is 11.0 Å². The van der Waals surface area contributed by atoms with E-state index in [1.807, 2.05) is 24.5 Å². The quantitative estimate of drug-likeness (QED) is 0.575. The molecule has 4 rings (SSSR count). The number of hydrogen-bond acceptors (Lipinski definition) is 4. The third kappa shape index (κ3) is 1.82. The molecular weight excluding hydrogens is 284 g/mol. The number of aromatic nitrogens is 4. The van der Waals surface area contributed by atoms with Crippen molar-refractivity contribution in [1.29, 1.82) is 0 Å². The molecule has 21 heavy (non-hydrogen) atoms. The second-order valence-corrected chi connectivity index (χ2v) is 6.12. The lowest BCUT2D eigenvalue weighted by molar-refractivity contribution is 0.798. The molecular formula is C15H14N4OS. The summed E-state index contributed by atoms with van der Waals surface area (Å²) in [6.07, 6.45) is 3.93. The number of aromatic amines is 2. The van der Waals surface area contributed by atoms with Crippen LogP contribution in [-0.4, -0.2) is 26.4 Å². The summed E-state index contributed by atoms with van der Waals surface area (Å²) in [4.78, 5) is 19.6. The Morgan fingerprint density at radius 2 is 2.00 bits per heavy atom. The van der Waals surface area contributed by atoms with E-state index in [1.54, 1.807) is 0 Å². The van der Waals surface area contributed by atoms with Crippen molar-refractivity contribution >= 4 is 22.8 Å². The van der Waals surface area contributed by atoms with E-state index < -0.39 is 0 Å². The van der Waals surface area contributed by atoms with E-state index in [2.05, 4.69) is 32.3 Å². The van der Waals surface area contributed by atoms with Crippen molar-refractivity contribution in [2.75, 3.05) is 6.26 Å². The minimum absolute atomic E-state index is 0.106. The van der Waals surface area contributed by atoms with Gasteiger partial charge in [0.15, 0.2) is 10.8 Å². The smallest absolute Gasteiger partial charge is 0.263 e. The standard InChI is InChI=1S/C15H14N4OS/c1-21-14-16-12-10(13(20)17-14)11(18-19-12)15(7-8-15)9-5-3-2-4-6-9/h2-6H,7-8H2,1H3,(H2,16,17,18,19,20). The van der Waals surface area contributed by atoms with Gasteiger partial charge < -0.3 is 4.98 Å². The predicted molar refractivity (Wildman–Crippen MR) is 82.7 cm³/mol. The monoisotopic (exact) mass is 298 g/mol. The molecule has 0 saturated heterocycles. The van der Waals surface area contributed by atoms with E-state index in [0.717, 1.165) is 18.5 Å². The van der Waals surface area contributed by atoms with Gasteiger partial charge in [-0.05, 0) is 24.7 Å². The number of H-pyrrole nitrogens is 2. The molecule has 0 aliphatic heterocycles. The number of nitrogens with one attached hydrogen (secondary N) is 2. The van der Waals surface area contributed by atoms with Crippen molar-refractivity contribution in [1.82, 2.24) is 20.2 Å². The van der Waals surface area contributed by atoms with E-state index in [0.29, 0.717) is 16.2 Å². The Kier molecular flexibility index (Phi) is 2.68. The molecule has 1 fully saturated rings. The molecule has 6 heteroatoms. The van der Waals surface area contributed by atoms with Crippen LogP contribution in [-0.2, 0) is 5.41 Å². The summed E-state index contributed by atoms with van der Waals surface area (Å²) in [5.41, 5.74) is 2.40. The SMILES string of the molecule is CSc1nc2n[nH]c(C3(c4ccccc4)CC3)c2c(=O)[nH]1. The lowest BCUT2D eigenvalue weighted by atomic mass is 9.91. The van der Waals surface area contributed by atoms with Crippen LogP contribution in [0.15, 0.2) is 40.3 Å². The zero-order valence-electron chi connectivity index (χ0n) is 11.5. The fourth-order valence-electron chi connectivity index (χ4n) is 2.92. The highest BCUT2D eigenvalue weighted by Gasteiger charge is 2.48. The molecule has 1 aliphatic rings. The first-order chi connectivity index (χ1) is 10.2. The van der Waals surface area contributed by atoms with Crippen molar-refractivity contribution in [2.24, 2.45) is 0 Å². The highest BCUT2D eigenvalue weighted by atomic mass is 32.2. The normalized spacial score (nSPS) is 16.2. The highest BCUT2D eigenvalue weighted by Crippen LogP contribution is 2.53. The fraction of sp³-hybridized carbons (Fsp3) is 0.267. The zero-order valence-corrected chi connectivity index (χ0v) is 12.3. The van der Waals surface area contributed by atoms with Gasteiger partial charge in [0.05, 0.1) is 5.69 Å². The summed E-state index contributed by atoms with van der Waals surface area (Å²) < 4.78 is 0. The molecule has 0 atom stereocenters. The summed E-state index contributed by atoms with van der Waals surface area (Å²) in [5.74, 6) is 0. The van der Waals surface area contributed by atoms with Gasteiger partial charge in [-0.15, -0.1) is 0 Å². The zero-order chi connectivity index (χ0) is 14.4. The van der Waals surface area contributed by atoms with Crippen LogP contribution < -0.4 is 5.56 Å². The first-order valence-corrected chi connectivity index (χ1v) is 8.05. The van der Waals surface area contributed by atoms with Crippen molar-refractivity contribution in [3.05, 3.63) is 51.9 Å². The average molecular weight is 298 g/mol. The minimum atomic E-state index is -0.115. The van der Waals surface area contributed by atoms with Gasteiger partial charge >= 0.3 is 0 Å². The lowest BCUT2D eigenvalue weighted by Crippen LogP contribution is -2.15. The minimum Gasteiger partial charge on any atom is -0.301 e. The van der Waals surface area contributed by atoms with Crippen LogP contribution in [0.2, 0.25) is 0 Å². The van der Waals surface area contributed by atoms with E-state index in [4.69, 9.17) is 0 Å². The number of nitrogens with zero attached hydrogens (tertiary/aromatic N) is 2. The van der Waals surface area contributed by atoms with Crippen molar-refractivity contribution in [3.63, 3.8) is 0 Å². The van der Waals surface area contributed by atoms with Crippen LogP contribution in [0.3, 0.4) is 0 Å². The molecule has 2 aromatic heterocycles. The molecule has 3 aromatic rings. The summed E-state index contributed by atoms with van der Waals surface area (Å²) in [7, 11) is 0. The van der Waals surface area contributed by atoms with Gasteiger partial charge in [0.25, 0.3) is 5.56 Å². The van der Waals surface area contributed by atoms with Gasteiger partial charge in [-0.25, -0.2) is 4.98 Å². The number of thioether (sulfide) groups is 1. The summed E-state index contributed by atoms with van der Waals surface area (Å²) in [6, 6.07) is 10.3. The molecule has 2 heterocycles. The summed E-state index contributed by atoms with van der Waals surface area (Å²) >= 11 is 1.41. The fourth-order valence-corrected chi connectivity index (χ4v) is 3.29. The molecule has 5 nitrogen and oxygen atoms in total. The molecule has 0 radical (unpaired) electrons. The first kappa shape index (κ1) is 12.6. The Balaban J connectivity index is 1.95. The van der Waals surface area contributed by atoms with Gasteiger partial charge in [0.2, 0.25) is 0 Å². The van der Waals surface area contributed by atoms with Crippen molar-refractivity contribution < 1.29 is 0 Å². The molecule has 0 unspecified atom stereocenters. The Morgan fingerprint density at radius 3 is 2.67 bits per heavy atom. The molecule has 0 bridgehead atoms. The maximum atomic E-state index is 12.4. The number of fused-ring (bicyclic) bond motifs is 1. The molecule has 0 amide bonds. The van der Waals surface area contributed by atoms with Crippen molar-refractivity contribution in [2.45, 2.75) is 23.4 Å². The average Bonchev–Trinajstić information content (AvgIpc) is 3.21. The summed E-state index contributed by atoms with van der Waals surface area (Å²) in [5, 5.41) is 8.50. The van der Waals surface area contributed by atoms with E-state index in [1.165, 1.54) is 17.3 Å². The van der Waals surface area contributed by atoms with Crippen LogP contribution in [0.4, 0.5) is 0 Å². The highest BCUT2D eigenvalue weighted by molar-refractivity contribution is 7.98. The van der Waals surface area contributed by atoms with E-state index >= 15 is 0 Å². The first-order valence-electron chi connectivity index (χ1n) is 6.83. The second kappa shape index (κ2) is 4.46. The van der Waals surface area contributed by atoms with Gasteiger partial charge in [0.1, 0.15) is 5.39 Å². The molecule has 1 aliphatic carbocycles. The summed E-state index contributed by atoms with van der Waals surface area (Å²) in [6.45, 7) is 0. The molecule has 1 saturated carbocycles. The number of benzene rings is 1. The Labute approximate surface area is 125 Å². The molecule has 0 spiro atoms. The Morgan fingerprint density at radius 1 is 1.24 bits per heavy atom.